The maximum Gasteiger partial charge on any atom is 0.286 e. The summed E-state index contributed by atoms with van der Waals surface area (Å²) < 4.78 is 6.07. The molecule has 8 heteroatoms. The Kier molecular flexibility index (Phi) is 6.11. The number of aryl methyl sites for hydroxylation is 1. The molecular formula is C25H21N3O3S2. The number of nitrogens with zero attached hydrogens (tertiary/aromatic N) is 2. The number of ether oxygens (including phenoxy) is 1. The van der Waals surface area contributed by atoms with Crippen molar-refractivity contribution in [1.29, 1.82) is 0 Å². The Morgan fingerprint density at radius 2 is 1.94 bits per heavy atom. The normalized spacial score (nSPS) is 15.7. The van der Waals surface area contributed by atoms with Crippen molar-refractivity contribution in [3.05, 3.63) is 76.9 Å². The van der Waals surface area contributed by atoms with Gasteiger partial charge in [-0.15, -0.1) is 11.3 Å². The van der Waals surface area contributed by atoms with E-state index in [-0.39, 0.29) is 11.1 Å². The topological polar surface area (TPSA) is 81.2 Å². The number of aromatic nitrogens is 2. The van der Waals surface area contributed by atoms with Gasteiger partial charge in [0, 0.05) is 28.1 Å². The number of nitrogens with one attached hydrogen (secondary N) is 1. The van der Waals surface area contributed by atoms with Crippen LogP contribution in [0.25, 0.3) is 21.5 Å². The highest BCUT2D eigenvalue weighted by molar-refractivity contribution is 8.15. The number of carbonyl (C=O) groups excluding carboxylic acids is 2. The lowest BCUT2D eigenvalue weighted by Crippen LogP contribution is -2.25. The van der Waals surface area contributed by atoms with Gasteiger partial charge in [0.15, 0.2) is 0 Å². The van der Waals surface area contributed by atoms with Crippen LogP contribution in [-0.2, 0) is 24.2 Å². The first kappa shape index (κ1) is 21.6. The van der Waals surface area contributed by atoms with Crippen LogP contribution >= 0.6 is 23.1 Å². The molecule has 1 saturated heterocycles. The number of amides is 2. The van der Waals surface area contributed by atoms with E-state index >= 15 is 0 Å². The molecule has 33 heavy (non-hydrogen) atoms. The van der Waals surface area contributed by atoms with Gasteiger partial charge in [-0.3, -0.25) is 19.9 Å². The van der Waals surface area contributed by atoms with E-state index in [4.69, 9.17) is 9.72 Å². The molecule has 2 aromatic heterocycles. The number of rotatable bonds is 7. The molecule has 166 valence electrons. The average molecular weight is 476 g/mol. The highest BCUT2D eigenvalue weighted by Gasteiger charge is 2.31. The molecule has 1 unspecified atom stereocenters. The van der Waals surface area contributed by atoms with E-state index in [0.717, 1.165) is 56.7 Å². The predicted octanol–water partition coefficient (Wildman–Crippen LogP) is 5.39. The van der Waals surface area contributed by atoms with Crippen LogP contribution in [0.3, 0.4) is 0 Å². The molecule has 0 spiro atoms. The first-order valence-corrected chi connectivity index (χ1v) is 12.4. The number of thioether (sulfide) groups is 1. The van der Waals surface area contributed by atoms with E-state index in [1.807, 2.05) is 42.5 Å². The summed E-state index contributed by atoms with van der Waals surface area (Å²) in [6.07, 6.45) is 3.13. The highest BCUT2D eigenvalue weighted by Crippen LogP contribution is 2.30. The summed E-state index contributed by atoms with van der Waals surface area (Å²) >= 11 is 2.74. The molecule has 5 rings (SSSR count). The van der Waals surface area contributed by atoms with Gasteiger partial charge >= 0.3 is 0 Å². The van der Waals surface area contributed by atoms with Gasteiger partial charge in [-0.05, 0) is 36.6 Å². The van der Waals surface area contributed by atoms with Gasteiger partial charge in [0.05, 0.1) is 16.5 Å². The van der Waals surface area contributed by atoms with Crippen molar-refractivity contribution in [3.63, 3.8) is 0 Å². The summed E-state index contributed by atoms with van der Waals surface area (Å²) in [5.41, 5.74) is 3.82. The fraction of sp³-hybridized carbons (Fsp3) is 0.200. The Labute approximate surface area is 199 Å². The smallest absolute Gasteiger partial charge is 0.286 e. The number of thiazole rings is 1. The zero-order valence-electron chi connectivity index (χ0n) is 17.9. The molecule has 0 bridgehead atoms. The number of fused-ring (bicyclic) bond motifs is 1. The number of imide groups is 1. The number of hydrogen-bond acceptors (Lipinski definition) is 7. The molecule has 1 aliphatic rings. The molecular weight excluding hydrogens is 454 g/mol. The quantitative estimate of drug-likeness (QED) is 0.386. The molecule has 2 aromatic carbocycles. The van der Waals surface area contributed by atoms with Gasteiger partial charge in [0.1, 0.15) is 17.4 Å². The third kappa shape index (κ3) is 4.77. The molecule has 0 radical (unpaired) electrons. The second kappa shape index (κ2) is 9.33. The summed E-state index contributed by atoms with van der Waals surface area (Å²) in [6.45, 7) is 2.53. The molecule has 1 aliphatic heterocycles. The molecule has 1 fully saturated rings. The standard InChI is InChI=1S/C25H21N3O3S2/c1-2-21-20(27-24(32-21)16-6-4-3-5-7-16)14-31-18-9-8-17-10-15(13-26-19(17)12-18)11-22-23(29)28-25(30)33-22/h3-10,12-13,22H,2,11,14H2,1H3,(H,28,29,30). The van der Waals surface area contributed by atoms with Crippen LogP contribution in [0.5, 0.6) is 5.75 Å². The van der Waals surface area contributed by atoms with Crippen molar-refractivity contribution in [2.75, 3.05) is 0 Å². The predicted molar refractivity (Wildman–Crippen MR) is 132 cm³/mol. The molecule has 0 aliphatic carbocycles. The Bertz CT molecular complexity index is 1340. The van der Waals surface area contributed by atoms with Crippen molar-refractivity contribution in [3.8, 4) is 16.3 Å². The Hall–Kier alpha value is -3.23. The molecule has 1 N–H and O–H groups in total. The maximum atomic E-state index is 11.8. The molecule has 6 nitrogen and oxygen atoms in total. The van der Waals surface area contributed by atoms with Crippen molar-refractivity contribution < 1.29 is 14.3 Å². The molecule has 1 atom stereocenters. The summed E-state index contributed by atoms with van der Waals surface area (Å²) in [7, 11) is 0. The largest absolute Gasteiger partial charge is 0.487 e. The van der Waals surface area contributed by atoms with Crippen molar-refractivity contribution in [1.82, 2.24) is 15.3 Å². The van der Waals surface area contributed by atoms with Crippen LogP contribution in [0, 0.1) is 0 Å². The second-order valence-corrected chi connectivity index (χ2v) is 9.94. The van der Waals surface area contributed by atoms with Crippen LogP contribution in [0.4, 0.5) is 4.79 Å². The van der Waals surface area contributed by atoms with E-state index in [1.165, 1.54) is 4.88 Å². The van der Waals surface area contributed by atoms with E-state index in [9.17, 15) is 9.59 Å². The summed E-state index contributed by atoms with van der Waals surface area (Å²) in [4.78, 5) is 33.8. The SMILES string of the molecule is CCc1sc(-c2ccccc2)nc1COc1ccc2cc(CC3SC(=O)NC3=O)cnc2c1. The molecule has 3 heterocycles. The van der Waals surface area contributed by atoms with Gasteiger partial charge in [0.2, 0.25) is 5.91 Å². The van der Waals surface area contributed by atoms with Crippen LogP contribution in [0.15, 0.2) is 60.8 Å². The van der Waals surface area contributed by atoms with Gasteiger partial charge < -0.3 is 4.74 Å². The Balaban J connectivity index is 1.29. The van der Waals surface area contributed by atoms with E-state index in [1.54, 1.807) is 17.5 Å². The van der Waals surface area contributed by atoms with Crippen molar-refractivity contribution in [2.24, 2.45) is 0 Å². The van der Waals surface area contributed by atoms with Gasteiger partial charge in [-0.2, -0.15) is 0 Å². The molecule has 2 amide bonds. The number of benzene rings is 2. The van der Waals surface area contributed by atoms with Crippen LogP contribution in [0.1, 0.15) is 23.1 Å². The van der Waals surface area contributed by atoms with Gasteiger partial charge in [-0.25, -0.2) is 4.98 Å². The lowest BCUT2D eigenvalue weighted by molar-refractivity contribution is -0.118. The van der Waals surface area contributed by atoms with E-state index < -0.39 is 5.25 Å². The van der Waals surface area contributed by atoms with Gasteiger partial charge in [0.25, 0.3) is 5.24 Å². The zero-order chi connectivity index (χ0) is 22.8. The fourth-order valence-corrected chi connectivity index (χ4v) is 5.59. The van der Waals surface area contributed by atoms with Crippen molar-refractivity contribution >= 4 is 45.1 Å². The zero-order valence-corrected chi connectivity index (χ0v) is 19.5. The number of pyridine rings is 1. The minimum Gasteiger partial charge on any atom is -0.487 e. The van der Waals surface area contributed by atoms with Crippen LogP contribution < -0.4 is 10.1 Å². The Morgan fingerprint density at radius 1 is 1.09 bits per heavy atom. The van der Waals surface area contributed by atoms with Gasteiger partial charge in [-0.1, -0.05) is 49.0 Å². The summed E-state index contributed by atoms with van der Waals surface area (Å²) in [5.74, 6) is 0.494. The molecule has 0 saturated carbocycles. The third-order valence-corrected chi connectivity index (χ3v) is 7.67. The lowest BCUT2D eigenvalue weighted by Gasteiger charge is -2.09. The van der Waals surface area contributed by atoms with E-state index in [0.29, 0.717) is 13.0 Å². The van der Waals surface area contributed by atoms with Crippen LogP contribution in [-0.4, -0.2) is 26.4 Å². The van der Waals surface area contributed by atoms with Crippen molar-refractivity contribution in [2.45, 2.75) is 31.6 Å². The first-order chi connectivity index (χ1) is 16.1. The average Bonchev–Trinajstić information content (AvgIpc) is 3.40. The Morgan fingerprint density at radius 3 is 2.70 bits per heavy atom. The summed E-state index contributed by atoms with van der Waals surface area (Å²) in [5, 5.41) is 3.61. The maximum absolute atomic E-state index is 11.8. The summed E-state index contributed by atoms with van der Waals surface area (Å²) in [6, 6.07) is 18.0. The molecule has 4 aromatic rings. The second-order valence-electron chi connectivity index (χ2n) is 7.68. The lowest BCUT2D eigenvalue weighted by atomic mass is 10.1. The van der Waals surface area contributed by atoms with Crippen LogP contribution in [0.2, 0.25) is 0 Å². The monoisotopic (exact) mass is 475 g/mol. The third-order valence-electron chi connectivity index (χ3n) is 5.40. The highest BCUT2D eigenvalue weighted by atomic mass is 32.2. The van der Waals surface area contributed by atoms with E-state index in [2.05, 4.69) is 29.4 Å². The first-order valence-electron chi connectivity index (χ1n) is 10.7. The minimum atomic E-state index is -0.397. The fourth-order valence-electron chi connectivity index (χ4n) is 3.72. The minimum absolute atomic E-state index is 0.238. The number of carbonyl (C=O) groups is 2. The number of hydrogen-bond donors (Lipinski definition) is 1.